The first-order valence-corrected chi connectivity index (χ1v) is 6.97. The van der Waals surface area contributed by atoms with Gasteiger partial charge in [0.25, 0.3) is 0 Å². The number of benzene rings is 1. The normalized spacial score (nSPS) is 24.5. The molecule has 1 saturated heterocycles. The molecule has 0 amide bonds. The van der Waals surface area contributed by atoms with E-state index in [1.807, 2.05) is 6.07 Å². The van der Waals surface area contributed by atoms with Crippen molar-refractivity contribution in [3.63, 3.8) is 0 Å². The Kier molecular flexibility index (Phi) is 4.11. The van der Waals surface area contributed by atoms with Gasteiger partial charge in [0.1, 0.15) is 0 Å². The average Bonchev–Trinajstić information content (AvgIpc) is 2.65. The van der Waals surface area contributed by atoms with Gasteiger partial charge in [-0.05, 0) is 55.8 Å². The topological polar surface area (TPSA) is 12.0 Å². The molecule has 2 rings (SSSR count). The Morgan fingerprint density at radius 1 is 1.41 bits per heavy atom. The molecule has 2 heteroatoms. The highest BCUT2D eigenvalue weighted by atomic mass is 35.5. The molecule has 1 N–H and O–H groups in total. The van der Waals surface area contributed by atoms with Crippen LogP contribution in [0.25, 0.3) is 0 Å². The van der Waals surface area contributed by atoms with Crippen LogP contribution in [0, 0.1) is 5.92 Å². The van der Waals surface area contributed by atoms with Crippen LogP contribution >= 0.6 is 11.6 Å². The Labute approximate surface area is 110 Å². The SMILES string of the molecule is CC(C)CC1(Cc2cccc(Cl)c2)CCCN1. The zero-order chi connectivity index (χ0) is 12.3. The molecule has 1 aromatic carbocycles. The number of halogens is 1. The molecule has 0 aliphatic carbocycles. The summed E-state index contributed by atoms with van der Waals surface area (Å²) in [6.45, 7) is 5.77. The van der Waals surface area contributed by atoms with E-state index in [0.29, 0.717) is 5.54 Å². The van der Waals surface area contributed by atoms with Crippen molar-refractivity contribution in [1.29, 1.82) is 0 Å². The molecule has 1 atom stereocenters. The van der Waals surface area contributed by atoms with Gasteiger partial charge >= 0.3 is 0 Å². The molecule has 1 nitrogen and oxygen atoms in total. The average molecular weight is 252 g/mol. The third kappa shape index (κ3) is 3.46. The molecule has 94 valence electrons. The minimum absolute atomic E-state index is 0.304. The molecule has 1 fully saturated rings. The molecule has 0 saturated carbocycles. The lowest BCUT2D eigenvalue weighted by Crippen LogP contribution is -2.43. The fraction of sp³-hybridized carbons (Fsp3) is 0.600. The molecule has 0 aromatic heterocycles. The number of hydrogen-bond donors (Lipinski definition) is 1. The van der Waals surface area contributed by atoms with Gasteiger partial charge in [0.05, 0.1) is 0 Å². The van der Waals surface area contributed by atoms with Crippen LogP contribution in [0.1, 0.15) is 38.7 Å². The van der Waals surface area contributed by atoms with E-state index < -0.39 is 0 Å². The number of hydrogen-bond acceptors (Lipinski definition) is 1. The van der Waals surface area contributed by atoms with Crippen LogP contribution in [0.2, 0.25) is 5.02 Å². The minimum atomic E-state index is 0.304. The van der Waals surface area contributed by atoms with E-state index in [1.54, 1.807) is 0 Å². The Hall–Kier alpha value is -0.530. The maximum Gasteiger partial charge on any atom is 0.0408 e. The third-order valence-electron chi connectivity index (χ3n) is 3.56. The zero-order valence-corrected chi connectivity index (χ0v) is 11.6. The summed E-state index contributed by atoms with van der Waals surface area (Å²) in [5, 5.41) is 4.57. The van der Waals surface area contributed by atoms with E-state index in [9.17, 15) is 0 Å². The summed E-state index contributed by atoms with van der Waals surface area (Å²) in [6, 6.07) is 8.29. The molecular formula is C15H22ClN. The Morgan fingerprint density at radius 3 is 2.82 bits per heavy atom. The Balaban J connectivity index is 2.12. The van der Waals surface area contributed by atoms with Crippen LogP contribution in [0.3, 0.4) is 0 Å². The lowest BCUT2D eigenvalue weighted by atomic mass is 9.82. The number of rotatable bonds is 4. The smallest absolute Gasteiger partial charge is 0.0408 e. The van der Waals surface area contributed by atoms with Crippen LogP contribution in [0.15, 0.2) is 24.3 Å². The van der Waals surface area contributed by atoms with Crippen LogP contribution in [-0.4, -0.2) is 12.1 Å². The van der Waals surface area contributed by atoms with Gasteiger partial charge in [-0.1, -0.05) is 37.6 Å². The molecule has 0 spiro atoms. The van der Waals surface area contributed by atoms with Crippen LogP contribution < -0.4 is 5.32 Å². The second-order valence-electron chi connectivity index (χ2n) is 5.72. The summed E-state index contributed by atoms with van der Waals surface area (Å²) in [6.07, 6.45) is 4.94. The van der Waals surface area contributed by atoms with Crippen molar-refractivity contribution in [2.45, 2.75) is 45.1 Å². The molecule has 1 heterocycles. The predicted molar refractivity (Wildman–Crippen MR) is 74.6 cm³/mol. The molecule has 0 radical (unpaired) electrons. The van der Waals surface area contributed by atoms with Crippen LogP contribution in [-0.2, 0) is 6.42 Å². The van der Waals surface area contributed by atoms with Crippen molar-refractivity contribution in [3.05, 3.63) is 34.9 Å². The lowest BCUT2D eigenvalue weighted by molar-refractivity contribution is 0.301. The van der Waals surface area contributed by atoms with Gasteiger partial charge < -0.3 is 5.32 Å². The van der Waals surface area contributed by atoms with E-state index in [4.69, 9.17) is 11.6 Å². The largest absolute Gasteiger partial charge is 0.311 e. The van der Waals surface area contributed by atoms with Crippen LogP contribution in [0.4, 0.5) is 0 Å². The fourth-order valence-electron chi connectivity index (χ4n) is 3.09. The van der Waals surface area contributed by atoms with Gasteiger partial charge in [-0.15, -0.1) is 0 Å². The van der Waals surface area contributed by atoms with E-state index in [-0.39, 0.29) is 0 Å². The molecule has 1 aliphatic heterocycles. The van der Waals surface area contributed by atoms with Crippen LogP contribution in [0.5, 0.6) is 0 Å². The van der Waals surface area contributed by atoms with Gasteiger partial charge in [-0.2, -0.15) is 0 Å². The second-order valence-corrected chi connectivity index (χ2v) is 6.15. The summed E-state index contributed by atoms with van der Waals surface area (Å²) < 4.78 is 0. The Bertz CT molecular complexity index is 367. The zero-order valence-electron chi connectivity index (χ0n) is 10.8. The first-order chi connectivity index (χ1) is 8.10. The van der Waals surface area contributed by atoms with Gasteiger partial charge in [0, 0.05) is 10.6 Å². The summed E-state index contributed by atoms with van der Waals surface area (Å²) in [4.78, 5) is 0. The van der Waals surface area contributed by atoms with Crippen molar-refractivity contribution in [3.8, 4) is 0 Å². The minimum Gasteiger partial charge on any atom is -0.311 e. The molecule has 1 aliphatic rings. The first kappa shape index (κ1) is 12.9. The summed E-state index contributed by atoms with van der Waals surface area (Å²) in [5.41, 5.74) is 1.66. The van der Waals surface area contributed by atoms with E-state index in [2.05, 4.69) is 37.4 Å². The standard InChI is InChI=1S/C15H22ClN/c1-12(2)10-15(7-4-8-17-15)11-13-5-3-6-14(16)9-13/h3,5-6,9,12,17H,4,7-8,10-11H2,1-2H3. The van der Waals surface area contributed by atoms with Crippen molar-refractivity contribution in [1.82, 2.24) is 5.32 Å². The molecule has 0 bridgehead atoms. The fourth-order valence-corrected chi connectivity index (χ4v) is 3.30. The van der Waals surface area contributed by atoms with Crippen molar-refractivity contribution in [2.24, 2.45) is 5.92 Å². The maximum atomic E-state index is 6.06. The van der Waals surface area contributed by atoms with Gasteiger partial charge in [0.2, 0.25) is 0 Å². The van der Waals surface area contributed by atoms with Crippen molar-refractivity contribution < 1.29 is 0 Å². The van der Waals surface area contributed by atoms with E-state index in [1.165, 1.54) is 24.8 Å². The second kappa shape index (κ2) is 5.41. The van der Waals surface area contributed by atoms with Crippen molar-refractivity contribution >= 4 is 11.6 Å². The highest BCUT2D eigenvalue weighted by Crippen LogP contribution is 2.31. The first-order valence-electron chi connectivity index (χ1n) is 6.59. The third-order valence-corrected chi connectivity index (χ3v) is 3.80. The summed E-state index contributed by atoms with van der Waals surface area (Å²) >= 11 is 6.06. The highest BCUT2D eigenvalue weighted by Gasteiger charge is 2.33. The quantitative estimate of drug-likeness (QED) is 0.851. The predicted octanol–water partition coefficient (Wildman–Crippen LogP) is 4.05. The van der Waals surface area contributed by atoms with Gasteiger partial charge in [0.15, 0.2) is 0 Å². The summed E-state index contributed by atoms with van der Waals surface area (Å²) in [7, 11) is 0. The monoisotopic (exact) mass is 251 g/mol. The van der Waals surface area contributed by atoms with Gasteiger partial charge in [-0.25, -0.2) is 0 Å². The maximum absolute atomic E-state index is 6.06. The van der Waals surface area contributed by atoms with E-state index >= 15 is 0 Å². The molecule has 1 unspecified atom stereocenters. The van der Waals surface area contributed by atoms with Gasteiger partial charge in [-0.3, -0.25) is 0 Å². The summed E-state index contributed by atoms with van der Waals surface area (Å²) in [5.74, 6) is 0.736. The molecule has 17 heavy (non-hydrogen) atoms. The molecule has 1 aromatic rings. The lowest BCUT2D eigenvalue weighted by Gasteiger charge is -2.31. The highest BCUT2D eigenvalue weighted by molar-refractivity contribution is 6.30. The van der Waals surface area contributed by atoms with Crippen molar-refractivity contribution in [2.75, 3.05) is 6.54 Å². The Morgan fingerprint density at radius 2 is 2.24 bits per heavy atom. The molecular weight excluding hydrogens is 230 g/mol. The van der Waals surface area contributed by atoms with E-state index in [0.717, 1.165) is 23.9 Å². The number of nitrogens with one attached hydrogen (secondary N) is 1.